The third-order valence-corrected chi connectivity index (χ3v) is 2.12. The lowest BCUT2D eigenvalue weighted by molar-refractivity contribution is -0.171. The van der Waals surface area contributed by atoms with E-state index in [1.807, 2.05) is 20.8 Å². The fraction of sp³-hybridized carbons (Fsp3) is 0.846. The van der Waals surface area contributed by atoms with Gasteiger partial charge in [-0.3, -0.25) is 4.79 Å². The molecule has 0 N–H and O–H groups in total. The second-order valence-electron chi connectivity index (χ2n) is 5.51. The lowest BCUT2D eigenvalue weighted by atomic mass is 10.1. The standard InChI is InChI=1S/C13H24O4/c1-8(2)11(14)9(3)16-12(15)10(4)17-13(5,6)7/h8-10H,1-7H3. The maximum absolute atomic E-state index is 11.7. The fourth-order valence-corrected chi connectivity index (χ4v) is 1.38. The highest BCUT2D eigenvalue weighted by Crippen LogP contribution is 2.13. The second-order valence-corrected chi connectivity index (χ2v) is 5.51. The molecule has 0 aliphatic rings. The Morgan fingerprint density at radius 1 is 0.941 bits per heavy atom. The second kappa shape index (κ2) is 6.15. The number of hydrogen-bond acceptors (Lipinski definition) is 4. The molecule has 0 amide bonds. The van der Waals surface area contributed by atoms with Crippen LogP contribution in [0.5, 0.6) is 0 Å². The van der Waals surface area contributed by atoms with Gasteiger partial charge in [0, 0.05) is 5.92 Å². The zero-order chi connectivity index (χ0) is 13.8. The number of hydrogen-bond donors (Lipinski definition) is 0. The highest BCUT2D eigenvalue weighted by atomic mass is 16.6. The third-order valence-electron chi connectivity index (χ3n) is 2.12. The quantitative estimate of drug-likeness (QED) is 0.697. The summed E-state index contributed by atoms with van der Waals surface area (Å²) in [5.41, 5.74) is -0.413. The van der Waals surface area contributed by atoms with E-state index in [9.17, 15) is 9.59 Å². The minimum absolute atomic E-state index is 0.0821. The number of carbonyl (C=O) groups is 2. The molecule has 0 spiro atoms. The monoisotopic (exact) mass is 244 g/mol. The van der Waals surface area contributed by atoms with Crippen LogP contribution < -0.4 is 0 Å². The molecule has 0 aliphatic carbocycles. The predicted octanol–water partition coefficient (Wildman–Crippen LogP) is 2.35. The number of ketones is 1. The molecule has 0 aliphatic heterocycles. The van der Waals surface area contributed by atoms with Crippen LogP contribution in [0.2, 0.25) is 0 Å². The van der Waals surface area contributed by atoms with Crippen LogP contribution in [0, 0.1) is 5.92 Å². The molecule has 0 radical (unpaired) electrons. The van der Waals surface area contributed by atoms with Crippen LogP contribution in [0.3, 0.4) is 0 Å². The van der Waals surface area contributed by atoms with Gasteiger partial charge in [0.1, 0.15) is 0 Å². The summed E-state index contributed by atoms with van der Waals surface area (Å²) in [4.78, 5) is 23.2. The summed E-state index contributed by atoms with van der Waals surface area (Å²) in [7, 11) is 0. The first-order chi connectivity index (χ1) is 7.54. The minimum atomic E-state index is -0.714. The van der Waals surface area contributed by atoms with Gasteiger partial charge in [-0.15, -0.1) is 0 Å². The summed E-state index contributed by atoms with van der Waals surface area (Å²) in [6.45, 7) is 12.4. The number of esters is 1. The molecular formula is C13H24O4. The van der Waals surface area contributed by atoms with Crippen molar-refractivity contribution in [2.45, 2.75) is 66.3 Å². The molecule has 0 bridgehead atoms. The van der Waals surface area contributed by atoms with E-state index in [1.54, 1.807) is 27.7 Å². The first-order valence-corrected chi connectivity index (χ1v) is 5.96. The summed E-state index contributed by atoms with van der Waals surface area (Å²) < 4.78 is 10.5. The van der Waals surface area contributed by atoms with Crippen molar-refractivity contribution in [3.63, 3.8) is 0 Å². The summed E-state index contributed by atoms with van der Waals surface area (Å²) >= 11 is 0. The van der Waals surface area contributed by atoms with Crippen LogP contribution in [0.15, 0.2) is 0 Å². The molecule has 0 aromatic heterocycles. The van der Waals surface area contributed by atoms with Gasteiger partial charge in [-0.2, -0.15) is 0 Å². The molecule has 0 aromatic rings. The van der Waals surface area contributed by atoms with Gasteiger partial charge in [0.05, 0.1) is 5.60 Å². The van der Waals surface area contributed by atoms with Gasteiger partial charge in [-0.25, -0.2) is 4.79 Å². The summed E-state index contributed by atoms with van der Waals surface area (Å²) in [6, 6.07) is 0. The highest BCUT2D eigenvalue weighted by Gasteiger charge is 2.26. The Balaban J connectivity index is 4.31. The molecule has 0 saturated heterocycles. The molecule has 100 valence electrons. The van der Waals surface area contributed by atoms with Crippen LogP contribution in [0.4, 0.5) is 0 Å². The third kappa shape index (κ3) is 6.41. The number of Topliss-reactive ketones (excluding diaryl/α,β-unsaturated/α-hetero) is 1. The Morgan fingerprint density at radius 2 is 1.41 bits per heavy atom. The summed E-state index contributed by atoms with van der Waals surface area (Å²) in [6.07, 6.45) is -1.38. The van der Waals surface area contributed by atoms with Crippen LogP contribution in [-0.4, -0.2) is 29.6 Å². The van der Waals surface area contributed by atoms with E-state index >= 15 is 0 Å². The van der Waals surface area contributed by atoms with Gasteiger partial charge in [0.25, 0.3) is 0 Å². The van der Waals surface area contributed by atoms with Crippen molar-refractivity contribution in [2.24, 2.45) is 5.92 Å². The Labute approximate surface area is 104 Å². The van der Waals surface area contributed by atoms with E-state index < -0.39 is 23.8 Å². The van der Waals surface area contributed by atoms with Crippen molar-refractivity contribution in [3.8, 4) is 0 Å². The number of carbonyl (C=O) groups excluding carboxylic acids is 2. The molecule has 0 fully saturated rings. The molecule has 2 atom stereocenters. The Kier molecular flexibility index (Phi) is 5.82. The van der Waals surface area contributed by atoms with Gasteiger partial charge in [0.15, 0.2) is 18.0 Å². The molecular weight excluding hydrogens is 220 g/mol. The van der Waals surface area contributed by atoms with Gasteiger partial charge >= 0.3 is 5.97 Å². The molecule has 0 saturated carbocycles. The van der Waals surface area contributed by atoms with Gasteiger partial charge < -0.3 is 9.47 Å². The van der Waals surface area contributed by atoms with Crippen molar-refractivity contribution < 1.29 is 19.1 Å². The maximum atomic E-state index is 11.7. The molecule has 0 rings (SSSR count). The average Bonchev–Trinajstić information content (AvgIpc) is 2.13. The first-order valence-electron chi connectivity index (χ1n) is 5.96. The fourth-order valence-electron chi connectivity index (χ4n) is 1.38. The van der Waals surface area contributed by atoms with Crippen LogP contribution in [0.1, 0.15) is 48.5 Å². The SMILES string of the molecule is CC(C)C(=O)C(C)OC(=O)C(C)OC(C)(C)C. The van der Waals surface area contributed by atoms with Crippen molar-refractivity contribution >= 4 is 11.8 Å². The largest absolute Gasteiger partial charge is 0.453 e. The summed E-state index contributed by atoms with van der Waals surface area (Å²) in [5.74, 6) is -0.723. The summed E-state index contributed by atoms with van der Waals surface area (Å²) in [5, 5.41) is 0. The van der Waals surface area contributed by atoms with Crippen LogP contribution >= 0.6 is 0 Å². The average molecular weight is 244 g/mol. The Bertz CT molecular complexity index is 276. The van der Waals surface area contributed by atoms with E-state index in [2.05, 4.69) is 0 Å². The minimum Gasteiger partial charge on any atom is -0.453 e. The van der Waals surface area contributed by atoms with Crippen molar-refractivity contribution in [1.29, 1.82) is 0 Å². The van der Waals surface area contributed by atoms with Crippen molar-refractivity contribution in [1.82, 2.24) is 0 Å². The van der Waals surface area contributed by atoms with E-state index in [0.29, 0.717) is 0 Å². The lowest BCUT2D eigenvalue weighted by Gasteiger charge is -2.25. The first kappa shape index (κ1) is 16.1. The van der Waals surface area contributed by atoms with E-state index in [4.69, 9.17) is 9.47 Å². The van der Waals surface area contributed by atoms with Gasteiger partial charge in [-0.1, -0.05) is 13.8 Å². The lowest BCUT2D eigenvalue weighted by Crippen LogP contribution is -2.36. The van der Waals surface area contributed by atoms with Gasteiger partial charge in [-0.05, 0) is 34.6 Å². The van der Waals surface area contributed by atoms with Crippen molar-refractivity contribution in [2.75, 3.05) is 0 Å². The molecule has 4 nitrogen and oxygen atoms in total. The van der Waals surface area contributed by atoms with E-state index in [-0.39, 0.29) is 11.7 Å². The zero-order valence-corrected chi connectivity index (χ0v) is 11.9. The Morgan fingerprint density at radius 3 is 1.76 bits per heavy atom. The smallest absolute Gasteiger partial charge is 0.335 e. The predicted molar refractivity (Wildman–Crippen MR) is 65.7 cm³/mol. The van der Waals surface area contributed by atoms with Crippen LogP contribution in [-0.2, 0) is 19.1 Å². The topological polar surface area (TPSA) is 52.6 Å². The number of ether oxygens (including phenoxy) is 2. The Hall–Kier alpha value is -0.900. The molecule has 17 heavy (non-hydrogen) atoms. The molecule has 0 aromatic carbocycles. The maximum Gasteiger partial charge on any atom is 0.335 e. The molecule has 0 heterocycles. The van der Waals surface area contributed by atoms with E-state index in [1.165, 1.54) is 0 Å². The van der Waals surface area contributed by atoms with E-state index in [0.717, 1.165) is 0 Å². The van der Waals surface area contributed by atoms with Gasteiger partial charge in [0.2, 0.25) is 0 Å². The van der Waals surface area contributed by atoms with Crippen LogP contribution in [0.25, 0.3) is 0 Å². The molecule has 2 unspecified atom stereocenters. The highest BCUT2D eigenvalue weighted by molar-refractivity contribution is 5.87. The molecule has 4 heteroatoms. The normalized spacial score (nSPS) is 15.5. The number of rotatable bonds is 5. The van der Waals surface area contributed by atoms with Crippen molar-refractivity contribution in [3.05, 3.63) is 0 Å². The zero-order valence-electron chi connectivity index (χ0n) is 11.9.